The van der Waals surface area contributed by atoms with Gasteiger partial charge in [-0.25, -0.2) is 4.79 Å². The monoisotopic (exact) mass is 553 g/mol. The number of aromatic carboxylic acids is 1. The molecule has 0 aliphatic heterocycles. The van der Waals surface area contributed by atoms with E-state index < -0.39 is 51.7 Å². The first kappa shape index (κ1) is 28.1. The van der Waals surface area contributed by atoms with E-state index in [4.69, 9.17) is 5.11 Å². The summed E-state index contributed by atoms with van der Waals surface area (Å²) < 4.78 is 70.7. The van der Waals surface area contributed by atoms with Gasteiger partial charge in [0.25, 0.3) is 21.9 Å². The first-order valence-corrected chi connectivity index (χ1v) is 12.0. The molecular weight excluding hydrogens is 535 g/mol. The Hall–Kier alpha value is -4.50. The number of rotatable bonds is 7. The van der Waals surface area contributed by atoms with Crippen molar-refractivity contribution in [1.29, 1.82) is 0 Å². The number of nitrogens with one attached hydrogen (secondary N) is 3. The largest absolute Gasteiger partial charge is 0.478 e. The minimum absolute atomic E-state index is 0.0182. The second kappa shape index (κ2) is 10.9. The normalized spacial score (nSPS) is 15.5. The molecule has 1 unspecified atom stereocenters. The van der Waals surface area contributed by atoms with E-state index in [2.05, 4.69) is 10.6 Å². The minimum Gasteiger partial charge on any atom is -0.478 e. The number of halogens is 3. The maximum absolute atomic E-state index is 12.6. The predicted octanol–water partition coefficient (Wildman–Crippen LogP) is 2.72. The van der Waals surface area contributed by atoms with Crippen molar-refractivity contribution < 1.29 is 50.4 Å². The fraction of sp³-hybridized carbons (Fsp3) is 0.130. The Morgan fingerprint density at radius 3 is 1.82 bits per heavy atom. The van der Waals surface area contributed by atoms with Gasteiger partial charge in [-0.1, -0.05) is 6.08 Å². The molecule has 38 heavy (non-hydrogen) atoms. The number of amides is 3. The summed E-state index contributed by atoms with van der Waals surface area (Å²) in [5.41, 5.74) is -0.486. The van der Waals surface area contributed by atoms with E-state index in [0.717, 1.165) is 30.3 Å². The van der Waals surface area contributed by atoms with Gasteiger partial charge in [0.15, 0.2) is 0 Å². The van der Waals surface area contributed by atoms with Crippen molar-refractivity contribution >= 4 is 45.2 Å². The number of anilines is 2. The van der Waals surface area contributed by atoms with Crippen LogP contribution in [0.4, 0.5) is 24.5 Å². The fourth-order valence-corrected chi connectivity index (χ4v) is 4.10. The van der Waals surface area contributed by atoms with Crippen molar-refractivity contribution in [2.75, 3.05) is 10.6 Å². The summed E-state index contributed by atoms with van der Waals surface area (Å²) in [6, 6.07) is 9.36. The van der Waals surface area contributed by atoms with Gasteiger partial charge in [-0.15, -0.1) is 0 Å². The molecule has 200 valence electrons. The Labute approximate surface area is 212 Å². The number of benzene rings is 2. The Balaban J connectivity index is 1.74. The number of allylic oxidation sites excluding steroid dienone is 2. The van der Waals surface area contributed by atoms with Gasteiger partial charge in [0.1, 0.15) is 5.25 Å². The molecule has 0 bridgehead atoms. The standard InChI is InChI=1S/C23H18F3N3O8S/c24-23(25,26)22(34)28-16-6-1-12(2-7-16)19(30)29-17-10-5-14(11-18(17)38(35,36)37)20(31)27-15-8-3-13(4-9-15)21(32)33/h1-10,18H,11H2,(H,27,31)(H,28,34)(H,29,30)(H,32,33)(H,35,36,37). The predicted molar refractivity (Wildman–Crippen MR) is 127 cm³/mol. The van der Waals surface area contributed by atoms with Crippen molar-refractivity contribution in [2.24, 2.45) is 0 Å². The van der Waals surface area contributed by atoms with Crippen molar-refractivity contribution in [3.8, 4) is 0 Å². The third-order valence-electron chi connectivity index (χ3n) is 5.18. The summed E-state index contributed by atoms with van der Waals surface area (Å²) >= 11 is 0. The Morgan fingerprint density at radius 2 is 1.32 bits per heavy atom. The first-order chi connectivity index (χ1) is 17.6. The second-order valence-corrected chi connectivity index (χ2v) is 9.44. The van der Waals surface area contributed by atoms with Crippen LogP contribution in [0.15, 0.2) is 72.0 Å². The molecule has 0 fully saturated rings. The number of carbonyl (C=O) groups is 4. The van der Waals surface area contributed by atoms with Gasteiger partial charge in [0.05, 0.1) is 5.56 Å². The van der Waals surface area contributed by atoms with E-state index in [1.807, 2.05) is 0 Å². The summed E-state index contributed by atoms with van der Waals surface area (Å²) in [6.45, 7) is 0. The third kappa shape index (κ3) is 7.04. The SMILES string of the molecule is O=C(Nc1ccc(C(=O)O)cc1)C1=CC=C(NC(=O)c2ccc(NC(=O)C(F)(F)F)cc2)C(S(=O)(=O)O)C1. The van der Waals surface area contributed by atoms with Crippen LogP contribution in [-0.4, -0.2) is 53.2 Å². The van der Waals surface area contributed by atoms with E-state index in [0.29, 0.717) is 0 Å². The maximum Gasteiger partial charge on any atom is 0.471 e. The van der Waals surface area contributed by atoms with Crippen LogP contribution in [0.25, 0.3) is 0 Å². The summed E-state index contributed by atoms with van der Waals surface area (Å²) in [4.78, 5) is 47.1. The van der Waals surface area contributed by atoms with Crippen molar-refractivity contribution in [3.05, 3.63) is 83.1 Å². The number of carbonyl (C=O) groups excluding carboxylic acids is 3. The Morgan fingerprint density at radius 1 is 0.789 bits per heavy atom. The molecule has 1 aliphatic rings. The van der Waals surface area contributed by atoms with Gasteiger partial charge in [-0.3, -0.25) is 18.9 Å². The molecule has 0 saturated heterocycles. The van der Waals surface area contributed by atoms with Crippen molar-refractivity contribution in [2.45, 2.75) is 17.8 Å². The zero-order valence-corrected chi connectivity index (χ0v) is 19.8. The van der Waals surface area contributed by atoms with Crippen LogP contribution >= 0.6 is 0 Å². The van der Waals surface area contributed by atoms with Gasteiger partial charge in [0, 0.05) is 34.6 Å². The molecule has 2 aromatic carbocycles. The highest BCUT2D eigenvalue weighted by molar-refractivity contribution is 7.86. The van der Waals surface area contributed by atoms with Crippen molar-refractivity contribution in [1.82, 2.24) is 5.32 Å². The average molecular weight is 553 g/mol. The topological polar surface area (TPSA) is 179 Å². The molecule has 0 spiro atoms. The van der Waals surface area contributed by atoms with Crippen LogP contribution in [0.2, 0.25) is 0 Å². The van der Waals surface area contributed by atoms with Crippen LogP contribution in [0.5, 0.6) is 0 Å². The van der Waals surface area contributed by atoms with E-state index in [-0.39, 0.29) is 33.8 Å². The van der Waals surface area contributed by atoms with Gasteiger partial charge in [-0.2, -0.15) is 21.6 Å². The summed E-state index contributed by atoms with van der Waals surface area (Å²) in [7, 11) is -4.81. The van der Waals surface area contributed by atoms with Crippen LogP contribution in [0, 0.1) is 0 Å². The number of alkyl halides is 3. The molecular formula is C23H18F3N3O8S. The van der Waals surface area contributed by atoms with E-state index in [1.165, 1.54) is 30.3 Å². The van der Waals surface area contributed by atoms with E-state index >= 15 is 0 Å². The quantitative estimate of drug-likeness (QED) is 0.325. The zero-order valence-electron chi connectivity index (χ0n) is 18.9. The number of hydrogen-bond donors (Lipinski definition) is 5. The lowest BCUT2D eigenvalue weighted by Crippen LogP contribution is -2.37. The van der Waals surface area contributed by atoms with Crippen LogP contribution in [0.3, 0.4) is 0 Å². The molecule has 0 saturated carbocycles. The highest BCUT2D eigenvalue weighted by atomic mass is 32.2. The molecule has 2 aromatic rings. The summed E-state index contributed by atoms with van der Waals surface area (Å²) in [6.07, 6.45) is -3.32. The molecule has 1 aliphatic carbocycles. The third-order valence-corrected chi connectivity index (χ3v) is 6.32. The van der Waals surface area contributed by atoms with E-state index in [1.54, 1.807) is 5.32 Å². The highest BCUT2D eigenvalue weighted by Crippen LogP contribution is 2.25. The van der Waals surface area contributed by atoms with Gasteiger partial charge < -0.3 is 21.1 Å². The minimum atomic E-state index is -5.11. The van der Waals surface area contributed by atoms with Crippen LogP contribution < -0.4 is 16.0 Å². The average Bonchev–Trinajstić information content (AvgIpc) is 2.83. The molecule has 11 nitrogen and oxygen atoms in total. The smallest absolute Gasteiger partial charge is 0.471 e. The second-order valence-electron chi connectivity index (χ2n) is 7.84. The number of carboxylic acids is 1. The summed E-state index contributed by atoms with van der Waals surface area (Å²) in [5, 5.41) is 13.6. The Bertz CT molecular complexity index is 1450. The van der Waals surface area contributed by atoms with Gasteiger partial charge >= 0.3 is 18.1 Å². The molecule has 0 radical (unpaired) electrons. The first-order valence-electron chi connectivity index (χ1n) is 10.5. The highest BCUT2D eigenvalue weighted by Gasteiger charge is 2.38. The lowest BCUT2D eigenvalue weighted by atomic mass is 10.0. The molecule has 3 amide bonds. The number of hydrogen-bond acceptors (Lipinski definition) is 6. The van der Waals surface area contributed by atoms with E-state index in [9.17, 15) is 45.3 Å². The zero-order chi connectivity index (χ0) is 28.3. The molecule has 15 heteroatoms. The van der Waals surface area contributed by atoms with Gasteiger partial charge in [0.2, 0.25) is 0 Å². The lowest BCUT2D eigenvalue weighted by molar-refractivity contribution is -0.167. The fourth-order valence-electron chi connectivity index (χ4n) is 3.25. The van der Waals surface area contributed by atoms with Crippen molar-refractivity contribution in [3.63, 3.8) is 0 Å². The molecule has 0 heterocycles. The van der Waals surface area contributed by atoms with Gasteiger partial charge in [-0.05, 0) is 54.6 Å². The molecule has 5 N–H and O–H groups in total. The lowest BCUT2D eigenvalue weighted by Gasteiger charge is -2.23. The number of carboxylic acid groups (broad SMARTS) is 1. The summed E-state index contributed by atoms with van der Waals surface area (Å²) in [5.74, 6) is -4.99. The molecule has 1 atom stereocenters. The Kier molecular flexibility index (Phi) is 8.02. The maximum atomic E-state index is 12.6. The molecule has 3 rings (SSSR count). The molecule has 0 aromatic heterocycles. The van der Waals surface area contributed by atoms with Crippen LogP contribution in [-0.2, 0) is 19.7 Å². The van der Waals surface area contributed by atoms with Crippen LogP contribution in [0.1, 0.15) is 27.1 Å².